The number of pyridine rings is 2. The second-order valence-electron chi connectivity index (χ2n) is 9.01. The van der Waals surface area contributed by atoms with Gasteiger partial charge in [-0.2, -0.15) is 13.2 Å². The number of carbonyl (C=O) groups excluding carboxylic acids is 2. The van der Waals surface area contributed by atoms with Crippen molar-refractivity contribution in [1.29, 1.82) is 0 Å². The van der Waals surface area contributed by atoms with Crippen molar-refractivity contribution in [3.63, 3.8) is 0 Å². The van der Waals surface area contributed by atoms with Crippen LogP contribution in [-0.2, 0) is 22.5 Å². The summed E-state index contributed by atoms with van der Waals surface area (Å²) < 4.78 is 45.2. The Balaban J connectivity index is 1.76. The van der Waals surface area contributed by atoms with Crippen LogP contribution >= 0.6 is 0 Å². The molecule has 3 aromatic rings. The third-order valence-electron chi connectivity index (χ3n) is 6.27. The molecule has 0 aromatic carbocycles. The summed E-state index contributed by atoms with van der Waals surface area (Å²) in [6.45, 7) is 1.75. The lowest BCUT2D eigenvalue weighted by Crippen LogP contribution is -2.29. The molecule has 2 N–H and O–H groups in total. The summed E-state index contributed by atoms with van der Waals surface area (Å²) in [5.74, 6) is -1.01. The molecule has 11 heteroatoms. The predicted octanol–water partition coefficient (Wildman–Crippen LogP) is 4.95. The summed E-state index contributed by atoms with van der Waals surface area (Å²) in [6.07, 6.45) is 0.719. The predicted molar refractivity (Wildman–Crippen MR) is 129 cm³/mol. The minimum Gasteiger partial charge on any atom is -0.464 e. The number of ether oxygens (including phenoxy) is 1. The Bertz CT molecular complexity index is 1240. The van der Waals surface area contributed by atoms with Gasteiger partial charge in [0.15, 0.2) is 5.69 Å². The maximum atomic E-state index is 12.9. The lowest BCUT2D eigenvalue weighted by molar-refractivity contribution is -0.136. The van der Waals surface area contributed by atoms with Crippen LogP contribution < -0.4 is 10.6 Å². The number of hydrogen-bond donors (Lipinski definition) is 2. The molecular formula is C25H28F3N5O3. The van der Waals surface area contributed by atoms with Gasteiger partial charge in [-0.25, -0.2) is 9.78 Å². The fraction of sp³-hybridized carbons (Fsp3) is 0.440. The van der Waals surface area contributed by atoms with Gasteiger partial charge in [0.2, 0.25) is 5.91 Å². The van der Waals surface area contributed by atoms with Crippen LogP contribution in [0.3, 0.4) is 0 Å². The average Bonchev–Trinajstić information content (AvgIpc) is 3.07. The number of nitrogens with one attached hydrogen (secondary N) is 2. The molecule has 36 heavy (non-hydrogen) atoms. The van der Waals surface area contributed by atoms with E-state index >= 15 is 0 Å². The van der Waals surface area contributed by atoms with E-state index in [1.165, 1.54) is 20.2 Å². The van der Waals surface area contributed by atoms with Gasteiger partial charge in [0.05, 0.1) is 31.1 Å². The number of aromatic nitrogens is 3. The standard InChI is InChI=1S/C25H28F3N5O3/c1-15(13-25(26,27)28)31-18-12-19-20(32-23(34)16-6-5-7-16)21(24(35)36-2)33(22(19)30-14-18)11-9-17-8-3-4-10-29-17/h3-4,8,10,12,14-16,31H,5-7,9,11,13H2,1-2H3,(H,32,34)/t15-/m1/s1. The van der Waals surface area contributed by atoms with Gasteiger partial charge in [0, 0.05) is 42.2 Å². The van der Waals surface area contributed by atoms with Crippen LogP contribution in [-0.4, -0.2) is 45.7 Å². The first-order chi connectivity index (χ1) is 17.2. The van der Waals surface area contributed by atoms with Crippen LogP contribution in [0.4, 0.5) is 24.5 Å². The highest BCUT2D eigenvalue weighted by Gasteiger charge is 2.32. The number of aryl methyl sites for hydroxylation is 2. The zero-order valence-corrected chi connectivity index (χ0v) is 20.1. The maximum Gasteiger partial charge on any atom is 0.391 e. The van der Waals surface area contributed by atoms with Gasteiger partial charge >= 0.3 is 12.1 Å². The third kappa shape index (κ3) is 5.77. The topological polar surface area (TPSA) is 98.1 Å². The SMILES string of the molecule is COC(=O)c1c(NC(=O)C2CCC2)c2cc(N[C@H](C)CC(F)(F)F)cnc2n1CCc1ccccn1. The van der Waals surface area contributed by atoms with Crippen LogP contribution in [0.25, 0.3) is 11.0 Å². The number of hydrogen-bond acceptors (Lipinski definition) is 6. The summed E-state index contributed by atoms with van der Waals surface area (Å²) in [7, 11) is 1.25. The van der Waals surface area contributed by atoms with E-state index < -0.39 is 24.6 Å². The minimum atomic E-state index is -4.32. The van der Waals surface area contributed by atoms with Crippen molar-refractivity contribution < 1.29 is 27.5 Å². The monoisotopic (exact) mass is 503 g/mol. The molecule has 1 saturated carbocycles. The second-order valence-corrected chi connectivity index (χ2v) is 9.01. The molecule has 0 aliphatic heterocycles. The Morgan fingerprint density at radius 3 is 2.64 bits per heavy atom. The van der Waals surface area contributed by atoms with Crippen molar-refractivity contribution in [2.75, 3.05) is 17.7 Å². The van der Waals surface area contributed by atoms with Gasteiger partial charge in [-0.3, -0.25) is 9.78 Å². The Labute approximate surface area is 206 Å². The average molecular weight is 504 g/mol. The van der Waals surface area contributed by atoms with Crippen molar-refractivity contribution in [3.05, 3.63) is 48.0 Å². The number of rotatable bonds is 9. The van der Waals surface area contributed by atoms with E-state index in [0.717, 1.165) is 25.0 Å². The highest BCUT2D eigenvalue weighted by molar-refractivity contribution is 6.11. The first kappa shape index (κ1) is 25.5. The van der Waals surface area contributed by atoms with E-state index in [9.17, 15) is 22.8 Å². The van der Waals surface area contributed by atoms with Crippen LogP contribution in [0.15, 0.2) is 36.7 Å². The largest absolute Gasteiger partial charge is 0.464 e. The molecule has 3 heterocycles. The number of anilines is 2. The molecule has 0 saturated heterocycles. The summed E-state index contributed by atoms with van der Waals surface area (Å²) in [4.78, 5) is 34.6. The molecule has 1 aliphatic carbocycles. The van der Waals surface area contributed by atoms with Crippen molar-refractivity contribution in [2.24, 2.45) is 5.92 Å². The Morgan fingerprint density at radius 1 is 1.25 bits per heavy atom. The third-order valence-corrected chi connectivity index (χ3v) is 6.27. The molecule has 1 atom stereocenters. The van der Waals surface area contributed by atoms with Gasteiger partial charge in [-0.15, -0.1) is 0 Å². The number of amides is 1. The molecular weight excluding hydrogens is 475 g/mol. The zero-order chi connectivity index (χ0) is 25.9. The smallest absolute Gasteiger partial charge is 0.391 e. The van der Waals surface area contributed by atoms with Crippen LogP contribution in [0.5, 0.6) is 0 Å². The highest BCUT2D eigenvalue weighted by Crippen LogP contribution is 2.35. The summed E-state index contributed by atoms with van der Waals surface area (Å²) >= 11 is 0. The molecule has 192 valence electrons. The van der Waals surface area contributed by atoms with Gasteiger partial charge in [-0.05, 0) is 38.0 Å². The number of carbonyl (C=O) groups is 2. The summed E-state index contributed by atoms with van der Waals surface area (Å²) in [5.41, 5.74) is 1.92. The number of methoxy groups -OCH3 is 1. The van der Waals surface area contributed by atoms with Crippen LogP contribution in [0.1, 0.15) is 48.8 Å². The number of halogens is 3. The Hall–Kier alpha value is -3.63. The molecule has 0 bridgehead atoms. The maximum absolute atomic E-state index is 12.9. The molecule has 8 nitrogen and oxygen atoms in total. The Morgan fingerprint density at radius 2 is 2.03 bits per heavy atom. The first-order valence-corrected chi connectivity index (χ1v) is 11.8. The normalized spacial score (nSPS) is 14.8. The van der Waals surface area contributed by atoms with Crippen LogP contribution in [0, 0.1) is 5.92 Å². The molecule has 0 unspecified atom stereocenters. The lowest BCUT2D eigenvalue weighted by Gasteiger charge is -2.24. The Kier molecular flexibility index (Phi) is 7.46. The van der Waals surface area contributed by atoms with Crippen molar-refractivity contribution in [1.82, 2.24) is 14.5 Å². The zero-order valence-electron chi connectivity index (χ0n) is 20.1. The molecule has 3 aromatic heterocycles. The van der Waals surface area contributed by atoms with Crippen molar-refractivity contribution in [3.8, 4) is 0 Å². The second kappa shape index (κ2) is 10.5. The van der Waals surface area contributed by atoms with Gasteiger partial charge < -0.3 is 19.9 Å². The molecule has 1 fully saturated rings. The van der Waals surface area contributed by atoms with E-state index in [4.69, 9.17) is 4.74 Å². The van der Waals surface area contributed by atoms with E-state index in [1.54, 1.807) is 22.9 Å². The van der Waals surface area contributed by atoms with E-state index in [1.807, 2.05) is 12.1 Å². The number of fused-ring (bicyclic) bond motifs is 1. The number of alkyl halides is 3. The van der Waals surface area contributed by atoms with Gasteiger partial charge in [0.25, 0.3) is 0 Å². The fourth-order valence-corrected chi connectivity index (χ4v) is 4.31. The van der Waals surface area contributed by atoms with E-state index in [0.29, 0.717) is 29.7 Å². The quantitative estimate of drug-likeness (QED) is 0.401. The minimum absolute atomic E-state index is 0.129. The summed E-state index contributed by atoms with van der Waals surface area (Å²) in [6, 6.07) is 6.23. The number of esters is 1. The highest BCUT2D eigenvalue weighted by atomic mass is 19.4. The molecule has 0 radical (unpaired) electrons. The molecule has 4 rings (SSSR count). The van der Waals surface area contributed by atoms with Crippen molar-refractivity contribution in [2.45, 2.75) is 57.8 Å². The lowest BCUT2D eigenvalue weighted by atomic mass is 9.85. The molecule has 1 aliphatic rings. The summed E-state index contributed by atoms with van der Waals surface area (Å²) in [5, 5.41) is 6.14. The van der Waals surface area contributed by atoms with E-state index in [-0.39, 0.29) is 23.2 Å². The van der Waals surface area contributed by atoms with Gasteiger partial charge in [0.1, 0.15) is 5.65 Å². The fourth-order valence-electron chi connectivity index (χ4n) is 4.31. The molecule has 0 spiro atoms. The molecule has 1 amide bonds. The number of nitrogens with zero attached hydrogens (tertiary/aromatic N) is 3. The van der Waals surface area contributed by atoms with Crippen LogP contribution in [0.2, 0.25) is 0 Å². The van der Waals surface area contributed by atoms with Gasteiger partial charge in [-0.1, -0.05) is 12.5 Å². The van der Waals surface area contributed by atoms with E-state index in [2.05, 4.69) is 20.6 Å². The first-order valence-electron chi connectivity index (χ1n) is 11.8. The van der Waals surface area contributed by atoms with Crippen molar-refractivity contribution >= 4 is 34.3 Å².